The molecule has 0 saturated heterocycles. The Morgan fingerprint density at radius 2 is 2.67 bits per heavy atom. The summed E-state index contributed by atoms with van der Waals surface area (Å²) in [6, 6.07) is 0.141. The van der Waals surface area contributed by atoms with E-state index in [4.69, 9.17) is 0 Å². The molecule has 0 spiro atoms. The molecule has 1 atom stereocenters. The Morgan fingerprint density at radius 3 is 3.11 bits per heavy atom. The van der Waals surface area contributed by atoms with Crippen LogP contribution in [0.5, 0.6) is 0 Å². The third-order valence-corrected chi connectivity index (χ3v) is 1.29. The molecule has 48 valence electrons. The van der Waals surface area contributed by atoms with E-state index < -0.39 is 0 Å². The monoisotopic (exact) mass is 123 g/mol. The third-order valence-electron chi connectivity index (χ3n) is 1.29. The smallest absolute Gasteiger partial charge is 0.159 e. The van der Waals surface area contributed by atoms with Crippen molar-refractivity contribution in [2.45, 2.75) is 12.5 Å². The first kappa shape index (κ1) is 6.08. The van der Waals surface area contributed by atoms with Crippen LogP contribution in [0.4, 0.5) is 0 Å². The van der Waals surface area contributed by atoms with Crippen molar-refractivity contribution in [3.8, 4) is 0 Å². The minimum absolute atomic E-state index is 0.141. The molecule has 0 bridgehead atoms. The van der Waals surface area contributed by atoms with Gasteiger partial charge in [0.2, 0.25) is 0 Å². The van der Waals surface area contributed by atoms with Crippen LogP contribution >= 0.6 is 0 Å². The number of nitrogens with one attached hydrogen (secondary N) is 1. The molecule has 1 aliphatic rings. The van der Waals surface area contributed by atoms with E-state index >= 15 is 0 Å². The van der Waals surface area contributed by atoms with E-state index in [9.17, 15) is 4.79 Å². The van der Waals surface area contributed by atoms with Crippen molar-refractivity contribution in [2.24, 2.45) is 0 Å². The highest BCUT2D eigenvalue weighted by atomic mass is 16.1. The first-order valence-electron chi connectivity index (χ1n) is 2.91. The number of rotatable bonds is 1. The average molecular weight is 123 g/mol. The van der Waals surface area contributed by atoms with Crippen LogP contribution in [0.25, 0.3) is 0 Å². The lowest BCUT2D eigenvalue weighted by Crippen LogP contribution is -2.28. The number of carbonyl (C=O) groups excluding carboxylic acids is 1. The van der Waals surface area contributed by atoms with Crippen LogP contribution < -0.4 is 5.32 Å². The Bertz CT molecular complexity index is 160. The summed E-state index contributed by atoms with van der Waals surface area (Å²) in [5.41, 5.74) is 0. The Hall–Kier alpha value is -1.05. The minimum Gasteiger partial charge on any atom is -0.384 e. The number of hydrogen-bond acceptors (Lipinski definition) is 2. The Balaban J connectivity index is 2.56. The first-order valence-corrected chi connectivity index (χ1v) is 2.91. The molecular weight excluding hydrogens is 114 g/mol. The molecule has 1 N–H and O–H groups in total. The van der Waals surface area contributed by atoms with E-state index in [1.807, 2.05) is 0 Å². The summed E-state index contributed by atoms with van der Waals surface area (Å²) in [7, 11) is 0. The van der Waals surface area contributed by atoms with Crippen LogP contribution in [0.2, 0.25) is 0 Å². The van der Waals surface area contributed by atoms with E-state index in [1.165, 1.54) is 0 Å². The van der Waals surface area contributed by atoms with Gasteiger partial charge in [-0.2, -0.15) is 0 Å². The highest BCUT2D eigenvalue weighted by molar-refractivity contribution is 5.90. The molecule has 0 aromatic carbocycles. The van der Waals surface area contributed by atoms with Crippen LogP contribution in [0.3, 0.4) is 0 Å². The topological polar surface area (TPSA) is 29.1 Å². The summed E-state index contributed by atoms with van der Waals surface area (Å²) < 4.78 is 0. The number of hydrogen-bond donors (Lipinski definition) is 1. The predicted octanol–water partition coefficient (Wildman–Crippen LogP) is 0.617. The van der Waals surface area contributed by atoms with Crippen molar-refractivity contribution < 1.29 is 4.79 Å². The highest BCUT2D eigenvalue weighted by Crippen LogP contribution is 2.00. The molecule has 0 amide bonds. The summed E-state index contributed by atoms with van der Waals surface area (Å²) in [4.78, 5) is 10.7. The zero-order chi connectivity index (χ0) is 6.69. The van der Waals surface area contributed by atoms with Crippen molar-refractivity contribution >= 4 is 5.78 Å². The molecule has 1 aliphatic heterocycles. The normalized spacial score (nSPS) is 25.3. The average Bonchev–Trinajstić information content (AvgIpc) is 1.88. The van der Waals surface area contributed by atoms with Gasteiger partial charge in [-0.25, -0.2) is 0 Å². The molecule has 1 rings (SSSR count). The van der Waals surface area contributed by atoms with Crippen LogP contribution in [0, 0.1) is 0 Å². The van der Waals surface area contributed by atoms with Gasteiger partial charge in [-0.3, -0.25) is 4.79 Å². The maximum absolute atomic E-state index is 10.7. The molecule has 0 radical (unpaired) electrons. The summed E-state index contributed by atoms with van der Waals surface area (Å²) in [5, 5.41) is 2.98. The Labute approximate surface area is 54.3 Å². The van der Waals surface area contributed by atoms with Crippen molar-refractivity contribution in [3.05, 3.63) is 24.9 Å². The van der Waals surface area contributed by atoms with Gasteiger partial charge in [0.15, 0.2) is 5.78 Å². The summed E-state index contributed by atoms with van der Waals surface area (Å²) >= 11 is 0. The number of ketones is 1. The van der Waals surface area contributed by atoms with E-state index in [1.54, 1.807) is 18.4 Å². The standard InChI is InChI=1S/C7H9NO/c1-2-6-5-7(9)3-4-8-6/h2-4,6,8H,1,5H2/t6-/m1/s1. The zero-order valence-corrected chi connectivity index (χ0v) is 5.13. The van der Waals surface area contributed by atoms with Crippen molar-refractivity contribution in [3.63, 3.8) is 0 Å². The molecule has 0 aliphatic carbocycles. The fourth-order valence-electron chi connectivity index (χ4n) is 0.760. The lowest BCUT2D eigenvalue weighted by molar-refractivity contribution is -0.115. The van der Waals surface area contributed by atoms with Gasteiger partial charge >= 0.3 is 0 Å². The summed E-state index contributed by atoms with van der Waals surface area (Å²) in [6.07, 6.45) is 5.49. The molecule has 0 aromatic rings. The largest absolute Gasteiger partial charge is 0.384 e. The van der Waals surface area contributed by atoms with Gasteiger partial charge < -0.3 is 5.32 Å². The fraction of sp³-hybridized carbons (Fsp3) is 0.286. The van der Waals surface area contributed by atoms with Gasteiger partial charge in [0.05, 0.1) is 6.04 Å². The SMILES string of the molecule is C=C[C@@H]1CC(=O)C=CN1. The number of allylic oxidation sites excluding steroid dienone is 1. The molecule has 1 heterocycles. The lowest BCUT2D eigenvalue weighted by atomic mass is 10.1. The van der Waals surface area contributed by atoms with Gasteiger partial charge in [0.25, 0.3) is 0 Å². The van der Waals surface area contributed by atoms with Crippen LogP contribution in [0.15, 0.2) is 24.9 Å². The maximum Gasteiger partial charge on any atom is 0.159 e. The van der Waals surface area contributed by atoms with E-state index in [2.05, 4.69) is 11.9 Å². The molecule has 0 unspecified atom stereocenters. The Morgan fingerprint density at radius 1 is 1.89 bits per heavy atom. The quantitative estimate of drug-likeness (QED) is 0.518. The van der Waals surface area contributed by atoms with E-state index in [0.29, 0.717) is 6.42 Å². The first-order chi connectivity index (χ1) is 4.33. The molecule has 0 fully saturated rings. The Kier molecular flexibility index (Phi) is 1.68. The second-order valence-electron chi connectivity index (χ2n) is 2.01. The van der Waals surface area contributed by atoms with E-state index in [-0.39, 0.29) is 11.8 Å². The molecule has 9 heavy (non-hydrogen) atoms. The lowest BCUT2D eigenvalue weighted by Gasteiger charge is -2.13. The predicted molar refractivity (Wildman–Crippen MR) is 35.9 cm³/mol. The van der Waals surface area contributed by atoms with Crippen LogP contribution in [-0.2, 0) is 4.79 Å². The fourth-order valence-corrected chi connectivity index (χ4v) is 0.760. The van der Waals surface area contributed by atoms with Gasteiger partial charge in [-0.1, -0.05) is 6.08 Å². The minimum atomic E-state index is 0.141. The molecule has 0 aromatic heterocycles. The molecule has 2 nitrogen and oxygen atoms in total. The van der Waals surface area contributed by atoms with Crippen molar-refractivity contribution in [1.82, 2.24) is 5.32 Å². The zero-order valence-electron chi connectivity index (χ0n) is 5.13. The maximum atomic E-state index is 10.7. The molecule has 0 saturated carbocycles. The number of carbonyl (C=O) groups is 1. The second kappa shape index (κ2) is 2.49. The van der Waals surface area contributed by atoms with Crippen molar-refractivity contribution in [2.75, 3.05) is 0 Å². The molecular formula is C7H9NO. The summed E-state index contributed by atoms with van der Waals surface area (Å²) in [5.74, 6) is 0.165. The van der Waals surface area contributed by atoms with Gasteiger partial charge in [-0.15, -0.1) is 6.58 Å². The third kappa shape index (κ3) is 1.42. The molecule has 2 heteroatoms. The van der Waals surface area contributed by atoms with Gasteiger partial charge in [-0.05, 0) is 6.08 Å². The van der Waals surface area contributed by atoms with Crippen molar-refractivity contribution in [1.29, 1.82) is 0 Å². The van der Waals surface area contributed by atoms with Crippen LogP contribution in [0.1, 0.15) is 6.42 Å². The van der Waals surface area contributed by atoms with Gasteiger partial charge in [0.1, 0.15) is 0 Å². The summed E-state index contributed by atoms with van der Waals surface area (Å²) in [6.45, 7) is 3.57. The van der Waals surface area contributed by atoms with Crippen LogP contribution in [-0.4, -0.2) is 11.8 Å². The van der Waals surface area contributed by atoms with Gasteiger partial charge in [0, 0.05) is 12.6 Å². The second-order valence-corrected chi connectivity index (χ2v) is 2.01. The highest BCUT2D eigenvalue weighted by Gasteiger charge is 2.09. The van der Waals surface area contributed by atoms with E-state index in [0.717, 1.165) is 0 Å².